The van der Waals surface area contributed by atoms with Crippen LogP contribution >= 0.6 is 11.3 Å². The number of rotatable bonds is 6. The molecular weight excluding hydrogens is 266 g/mol. The molecule has 1 heterocycles. The molecule has 0 spiro atoms. The molecule has 2 unspecified atom stereocenters. The van der Waals surface area contributed by atoms with Crippen LogP contribution in [0.1, 0.15) is 30.8 Å². The van der Waals surface area contributed by atoms with Crippen molar-refractivity contribution in [2.45, 2.75) is 39.7 Å². The van der Waals surface area contributed by atoms with E-state index in [0.717, 1.165) is 11.4 Å². The van der Waals surface area contributed by atoms with E-state index in [-0.39, 0.29) is 30.3 Å². The highest BCUT2D eigenvalue weighted by Crippen LogP contribution is 2.11. The van der Waals surface area contributed by atoms with Crippen molar-refractivity contribution in [2.24, 2.45) is 5.92 Å². The Morgan fingerprint density at radius 2 is 1.95 bits per heavy atom. The molecule has 0 aliphatic rings. The van der Waals surface area contributed by atoms with E-state index in [9.17, 15) is 9.59 Å². The van der Waals surface area contributed by atoms with Crippen LogP contribution in [0.4, 0.5) is 0 Å². The standard InChI is InChI=1S/C12H19N3O3S/c1-5-10-14-15-11(19-10)6-9(16)13-8(3)7(2)12(17)18-4/h7-8H,5-6H2,1-4H3,(H,13,16). The quantitative estimate of drug-likeness (QED) is 0.787. The fourth-order valence-electron chi connectivity index (χ4n) is 1.46. The molecule has 0 radical (unpaired) electrons. The Bertz CT molecular complexity index is 447. The van der Waals surface area contributed by atoms with E-state index in [4.69, 9.17) is 0 Å². The van der Waals surface area contributed by atoms with Crippen molar-refractivity contribution in [3.05, 3.63) is 10.0 Å². The molecule has 19 heavy (non-hydrogen) atoms. The smallest absolute Gasteiger partial charge is 0.310 e. The minimum absolute atomic E-state index is 0.165. The molecule has 1 rings (SSSR count). The summed E-state index contributed by atoms with van der Waals surface area (Å²) in [4.78, 5) is 23.2. The van der Waals surface area contributed by atoms with Crippen LogP contribution in [-0.4, -0.2) is 35.2 Å². The molecule has 7 heteroatoms. The Kier molecular flexibility index (Phi) is 5.88. The molecule has 1 N–H and O–H groups in total. The van der Waals surface area contributed by atoms with Crippen LogP contribution in [0.15, 0.2) is 0 Å². The van der Waals surface area contributed by atoms with Gasteiger partial charge >= 0.3 is 5.97 Å². The highest BCUT2D eigenvalue weighted by atomic mass is 32.1. The first-order valence-electron chi connectivity index (χ1n) is 6.16. The van der Waals surface area contributed by atoms with Gasteiger partial charge < -0.3 is 10.1 Å². The maximum absolute atomic E-state index is 11.8. The number of nitrogens with one attached hydrogen (secondary N) is 1. The van der Waals surface area contributed by atoms with Gasteiger partial charge in [0.05, 0.1) is 19.4 Å². The molecule has 1 amide bonds. The van der Waals surface area contributed by atoms with Crippen LogP contribution in [0.5, 0.6) is 0 Å². The summed E-state index contributed by atoms with van der Waals surface area (Å²) in [6.45, 7) is 5.48. The second-order valence-corrected chi connectivity index (χ2v) is 5.43. The van der Waals surface area contributed by atoms with Crippen molar-refractivity contribution < 1.29 is 14.3 Å². The lowest BCUT2D eigenvalue weighted by molar-refractivity contribution is -0.145. The van der Waals surface area contributed by atoms with E-state index >= 15 is 0 Å². The Hall–Kier alpha value is -1.50. The molecule has 0 aliphatic carbocycles. The van der Waals surface area contributed by atoms with Crippen LogP contribution in [0.3, 0.4) is 0 Å². The third kappa shape index (κ3) is 4.59. The average molecular weight is 285 g/mol. The van der Waals surface area contributed by atoms with Crippen LogP contribution in [-0.2, 0) is 27.2 Å². The summed E-state index contributed by atoms with van der Waals surface area (Å²) in [5.74, 6) is -0.881. The predicted molar refractivity (Wildman–Crippen MR) is 71.8 cm³/mol. The molecule has 0 saturated carbocycles. The summed E-state index contributed by atoms with van der Waals surface area (Å²) >= 11 is 1.43. The van der Waals surface area contributed by atoms with Gasteiger partial charge in [-0.3, -0.25) is 9.59 Å². The maximum Gasteiger partial charge on any atom is 0.310 e. The van der Waals surface area contributed by atoms with E-state index in [1.165, 1.54) is 18.4 Å². The molecule has 0 bridgehead atoms. The Morgan fingerprint density at radius 1 is 1.32 bits per heavy atom. The van der Waals surface area contributed by atoms with Crippen molar-refractivity contribution in [2.75, 3.05) is 7.11 Å². The fourth-order valence-corrected chi connectivity index (χ4v) is 2.24. The number of carbonyl (C=O) groups excluding carboxylic acids is 2. The first kappa shape index (κ1) is 15.6. The monoisotopic (exact) mass is 285 g/mol. The van der Waals surface area contributed by atoms with Crippen molar-refractivity contribution in [1.29, 1.82) is 0 Å². The molecule has 0 saturated heterocycles. The van der Waals surface area contributed by atoms with Gasteiger partial charge in [0.25, 0.3) is 0 Å². The molecule has 106 valence electrons. The predicted octanol–water partition coefficient (Wildman–Crippen LogP) is 0.957. The summed E-state index contributed by atoms with van der Waals surface area (Å²) in [5, 5.41) is 12.3. The fraction of sp³-hybridized carbons (Fsp3) is 0.667. The highest BCUT2D eigenvalue weighted by Gasteiger charge is 2.22. The largest absolute Gasteiger partial charge is 0.469 e. The number of methoxy groups -OCH3 is 1. The van der Waals surface area contributed by atoms with E-state index in [2.05, 4.69) is 20.3 Å². The molecule has 0 aliphatic heterocycles. The molecule has 1 aromatic heterocycles. The summed E-state index contributed by atoms with van der Waals surface area (Å²) in [6.07, 6.45) is 1.00. The molecule has 1 aromatic rings. The Morgan fingerprint density at radius 3 is 2.47 bits per heavy atom. The van der Waals surface area contributed by atoms with Crippen molar-refractivity contribution in [3.8, 4) is 0 Å². The summed E-state index contributed by atoms with van der Waals surface area (Å²) in [7, 11) is 1.33. The lowest BCUT2D eigenvalue weighted by atomic mass is 10.0. The number of carbonyl (C=O) groups is 2. The van der Waals surface area contributed by atoms with Gasteiger partial charge in [0.15, 0.2) is 0 Å². The van der Waals surface area contributed by atoms with Gasteiger partial charge in [-0.2, -0.15) is 0 Å². The van der Waals surface area contributed by atoms with Gasteiger partial charge in [0, 0.05) is 6.04 Å². The van der Waals surface area contributed by atoms with Gasteiger partial charge in [0.2, 0.25) is 5.91 Å². The zero-order chi connectivity index (χ0) is 14.4. The number of ether oxygens (including phenoxy) is 1. The van der Waals surface area contributed by atoms with E-state index in [0.29, 0.717) is 5.01 Å². The summed E-state index contributed by atoms with van der Waals surface area (Å²) in [5.41, 5.74) is 0. The Balaban J connectivity index is 2.48. The Labute approximate surface area is 116 Å². The SMILES string of the molecule is CCc1nnc(CC(=O)NC(C)C(C)C(=O)OC)s1. The number of hydrogen-bond acceptors (Lipinski definition) is 6. The summed E-state index contributed by atoms with van der Waals surface area (Å²) in [6, 6.07) is -0.279. The second kappa shape index (κ2) is 7.18. The zero-order valence-corrected chi connectivity index (χ0v) is 12.4. The molecule has 2 atom stereocenters. The van der Waals surface area contributed by atoms with Crippen molar-refractivity contribution >= 4 is 23.2 Å². The van der Waals surface area contributed by atoms with E-state index in [1.54, 1.807) is 13.8 Å². The van der Waals surface area contributed by atoms with Crippen molar-refractivity contribution in [1.82, 2.24) is 15.5 Å². The minimum atomic E-state index is -0.380. The molecular formula is C12H19N3O3S. The highest BCUT2D eigenvalue weighted by molar-refractivity contribution is 7.11. The first-order valence-corrected chi connectivity index (χ1v) is 6.98. The number of nitrogens with zero attached hydrogens (tertiary/aromatic N) is 2. The molecule has 0 aromatic carbocycles. The zero-order valence-electron chi connectivity index (χ0n) is 11.6. The van der Waals surface area contributed by atoms with Gasteiger partial charge in [-0.15, -0.1) is 21.5 Å². The van der Waals surface area contributed by atoms with Gasteiger partial charge in [0.1, 0.15) is 10.0 Å². The first-order chi connectivity index (χ1) is 8.97. The topological polar surface area (TPSA) is 81.2 Å². The van der Waals surface area contributed by atoms with Crippen molar-refractivity contribution in [3.63, 3.8) is 0 Å². The third-order valence-corrected chi connectivity index (χ3v) is 3.90. The van der Waals surface area contributed by atoms with Crippen LogP contribution in [0.2, 0.25) is 0 Å². The maximum atomic E-state index is 11.8. The van der Waals surface area contributed by atoms with Crippen LogP contribution in [0.25, 0.3) is 0 Å². The summed E-state index contributed by atoms with van der Waals surface area (Å²) < 4.78 is 4.64. The lowest BCUT2D eigenvalue weighted by Crippen LogP contribution is -2.41. The van der Waals surface area contributed by atoms with Gasteiger partial charge in [-0.05, 0) is 20.3 Å². The lowest BCUT2D eigenvalue weighted by Gasteiger charge is -2.18. The second-order valence-electron chi connectivity index (χ2n) is 4.29. The normalized spacial score (nSPS) is 13.7. The van der Waals surface area contributed by atoms with Gasteiger partial charge in [-0.1, -0.05) is 6.92 Å². The number of aryl methyl sites for hydroxylation is 1. The average Bonchev–Trinajstić information content (AvgIpc) is 2.84. The molecule has 0 fully saturated rings. The number of esters is 1. The number of amides is 1. The number of hydrogen-bond donors (Lipinski definition) is 1. The van der Waals surface area contributed by atoms with Crippen LogP contribution < -0.4 is 5.32 Å². The van der Waals surface area contributed by atoms with E-state index in [1.807, 2.05) is 6.92 Å². The van der Waals surface area contributed by atoms with Gasteiger partial charge in [-0.25, -0.2) is 0 Å². The third-order valence-electron chi connectivity index (χ3n) is 2.83. The van der Waals surface area contributed by atoms with E-state index < -0.39 is 0 Å². The van der Waals surface area contributed by atoms with Crippen LogP contribution in [0, 0.1) is 5.92 Å². The molecule has 6 nitrogen and oxygen atoms in total. The minimum Gasteiger partial charge on any atom is -0.469 e. The number of aromatic nitrogens is 2.